The minimum atomic E-state index is -3.99. The summed E-state index contributed by atoms with van der Waals surface area (Å²) in [7, 11) is -3.99. The molecule has 0 aliphatic carbocycles. The summed E-state index contributed by atoms with van der Waals surface area (Å²) in [5.41, 5.74) is 1.28. The molecule has 4 rings (SSSR count). The second-order valence-corrected chi connectivity index (χ2v) is 9.42. The van der Waals surface area contributed by atoms with Gasteiger partial charge in [-0.2, -0.15) is 8.42 Å². The molecule has 1 saturated heterocycles. The minimum absolute atomic E-state index is 0.0392. The molecule has 0 spiro atoms. The molecule has 2 heterocycles. The van der Waals surface area contributed by atoms with Gasteiger partial charge >= 0.3 is 0 Å². The monoisotopic (exact) mass is 439 g/mol. The number of hydrogen-bond acceptors (Lipinski definition) is 5. The average molecular weight is 440 g/mol. The first-order valence-corrected chi connectivity index (χ1v) is 12.0. The van der Waals surface area contributed by atoms with E-state index in [2.05, 4.69) is 16.6 Å². The molecule has 7 nitrogen and oxygen atoms in total. The van der Waals surface area contributed by atoms with Crippen molar-refractivity contribution in [2.75, 3.05) is 11.9 Å². The van der Waals surface area contributed by atoms with Crippen LogP contribution in [0.1, 0.15) is 31.7 Å². The highest BCUT2D eigenvalue weighted by molar-refractivity contribution is 7.90. The van der Waals surface area contributed by atoms with Crippen molar-refractivity contribution < 1.29 is 18.0 Å². The molecule has 162 valence electrons. The Kier molecular flexibility index (Phi) is 5.91. The van der Waals surface area contributed by atoms with Crippen molar-refractivity contribution in [3.63, 3.8) is 0 Å². The number of carbonyl (C=O) groups excluding carboxylic acids is 2. The normalized spacial score (nSPS) is 22.1. The number of nitrogens with one attached hydrogen (secondary N) is 1. The van der Waals surface area contributed by atoms with Gasteiger partial charge in [-0.25, -0.2) is 0 Å². The van der Waals surface area contributed by atoms with Crippen molar-refractivity contribution in [2.24, 2.45) is 10.3 Å². The highest BCUT2D eigenvalue weighted by Crippen LogP contribution is 2.32. The molecule has 2 aliphatic heterocycles. The van der Waals surface area contributed by atoms with Gasteiger partial charge in [0.15, 0.2) is 11.7 Å². The summed E-state index contributed by atoms with van der Waals surface area (Å²) in [5.74, 6) is -2.04. The van der Waals surface area contributed by atoms with Crippen LogP contribution in [0.15, 0.2) is 63.9 Å². The van der Waals surface area contributed by atoms with E-state index >= 15 is 0 Å². The van der Waals surface area contributed by atoms with Crippen LogP contribution in [0.2, 0.25) is 0 Å². The largest absolute Gasteiger partial charge is 0.341 e. The summed E-state index contributed by atoms with van der Waals surface area (Å²) in [6.45, 7) is 2.53. The fourth-order valence-corrected chi connectivity index (χ4v) is 5.30. The number of anilines is 1. The summed E-state index contributed by atoms with van der Waals surface area (Å²) in [6.07, 6.45) is 3.12. The highest BCUT2D eigenvalue weighted by Gasteiger charge is 2.50. The van der Waals surface area contributed by atoms with E-state index in [-0.39, 0.29) is 22.4 Å². The van der Waals surface area contributed by atoms with Gasteiger partial charge in [-0.05, 0) is 24.1 Å². The zero-order valence-corrected chi connectivity index (χ0v) is 18.1. The van der Waals surface area contributed by atoms with Crippen molar-refractivity contribution >= 4 is 33.2 Å². The highest BCUT2D eigenvalue weighted by atomic mass is 32.2. The van der Waals surface area contributed by atoms with Gasteiger partial charge in [-0.15, -0.1) is 4.40 Å². The zero-order valence-electron chi connectivity index (χ0n) is 17.3. The number of carbonyl (C=O) groups is 2. The first kappa shape index (κ1) is 21.2. The van der Waals surface area contributed by atoms with E-state index in [1.807, 2.05) is 30.3 Å². The molecule has 8 heteroatoms. The van der Waals surface area contributed by atoms with Gasteiger partial charge in [0, 0.05) is 13.0 Å². The van der Waals surface area contributed by atoms with Crippen molar-refractivity contribution in [2.45, 2.75) is 43.5 Å². The second kappa shape index (κ2) is 8.63. The number of likely N-dealkylation sites (tertiary alicyclic amines) is 1. The van der Waals surface area contributed by atoms with E-state index < -0.39 is 22.0 Å². The summed E-state index contributed by atoms with van der Waals surface area (Å²) < 4.78 is 29.1. The molecule has 0 bridgehead atoms. The molecule has 0 aromatic heterocycles. The second-order valence-electron chi connectivity index (χ2n) is 7.85. The molecule has 31 heavy (non-hydrogen) atoms. The first-order chi connectivity index (χ1) is 14.9. The Bertz CT molecular complexity index is 1130. The molecular formula is C23H25N3O4S. The van der Waals surface area contributed by atoms with Crippen LogP contribution in [0.4, 0.5) is 5.69 Å². The number of benzene rings is 2. The molecule has 2 aromatic rings. The van der Waals surface area contributed by atoms with E-state index in [1.54, 1.807) is 23.1 Å². The molecule has 2 atom stereocenters. The number of para-hydroxylation sites is 1. The van der Waals surface area contributed by atoms with E-state index in [4.69, 9.17) is 0 Å². The molecular weight excluding hydrogens is 414 g/mol. The number of ketones is 1. The zero-order chi connectivity index (χ0) is 22.0. The fraction of sp³-hybridized carbons (Fsp3) is 0.348. The van der Waals surface area contributed by atoms with Crippen molar-refractivity contribution in [3.05, 3.63) is 60.2 Å². The maximum Gasteiger partial charge on any atom is 0.286 e. The SMILES string of the molecule is CCCCCN1C(=O)C(C2=NS(=O)(=O)c3ccccc3N2)C(=O)[C@@H]1Cc1ccccc1. The Labute approximate surface area is 182 Å². The molecule has 0 radical (unpaired) electrons. The van der Waals surface area contributed by atoms with E-state index in [0.29, 0.717) is 18.7 Å². The predicted octanol–water partition coefficient (Wildman–Crippen LogP) is 3.03. The van der Waals surface area contributed by atoms with Crippen LogP contribution < -0.4 is 5.32 Å². The van der Waals surface area contributed by atoms with Crippen molar-refractivity contribution in [1.29, 1.82) is 0 Å². The van der Waals surface area contributed by atoms with Crippen LogP contribution in [0.25, 0.3) is 0 Å². The van der Waals surface area contributed by atoms with Gasteiger partial charge < -0.3 is 10.2 Å². The summed E-state index contributed by atoms with van der Waals surface area (Å²) >= 11 is 0. The molecule has 0 saturated carbocycles. The van der Waals surface area contributed by atoms with Gasteiger partial charge in [0.2, 0.25) is 5.91 Å². The van der Waals surface area contributed by atoms with E-state index in [9.17, 15) is 18.0 Å². The summed E-state index contributed by atoms with van der Waals surface area (Å²) in [5, 5.41) is 2.93. The van der Waals surface area contributed by atoms with Gasteiger partial charge in [-0.1, -0.05) is 62.2 Å². The average Bonchev–Trinajstić information content (AvgIpc) is 2.98. The molecule has 2 aromatic carbocycles. The number of sulfonamides is 1. The Morgan fingerprint density at radius 3 is 2.45 bits per heavy atom. The number of unbranched alkanes of at least 4 members (excludes halogenated alkanes) is 2. The topological polar surface area (TPSA) is 95.9 Å². The predicted molar refractivity (Wildman–Crippen MR) is 118 cm³/mol. The lowest BCUT2D eigenvalue weighted by Crippen LogP contribution is -2.38. The lowest BCUT2D eigenvalue weighted by molar-refractivity contribution is -0.130. The maximum absolute atomic E-state index is 13.4. The standard InChI is InChI=1S/C23H25N3O4S/c1-2-3-9-14-26-18(15-16-10-5-4-6-11-16)21(27)20(23(26)28)22-24-17-12-7-8-13-19(17)31(29,30)25-22/h4-8,10-13,18,20H,2-3,9,14-15H2,1H3,(H,24,25)/t18-,20?/m0/s1. The quantitative estimate of drug-likeness (QED) is 0.528. The van der Waals surface area contributed by atoms with Crippen molar-refractivity contribution in [1.82, 2.24) is 4.90 Å². The van der Waals surface area contributed by atoms with Crippen molar-refractivity contribution in [3.8, 4) is 0 Å². The van der Waals surface area contributed by atoms with E-state index in [0.717, 1.165) is 24.8 Å². The molecule has 1 unspecified atom stereocenters. The number of rotatable bonds is 7. The maximum atomic E-state index is 13.4. The first-order valence-electron chi connectivity index (χ1n) is 10.5. The smallest absolute Gasteiger partial charge is 0.286 e. The van der Waals surface area contributed by atoms with Gasteiger partial charge in [0.25, 0.3) is 10.0 Å². The lowest BCUT2D eigenvalue weighted by Gasteiger charge is -2.23. The van der Waals surface area contributed by atoms with Gasteiger partial charge in [0.1, 0.15) is 10.7 Å². The van der Waals surface area contributed by atoms with Crippen LogP contribution in [0.3, 0.4) is 0 Å². The minimum Gasteiger partial charge on any atom is -0.341 e. The Morgan fingerprint density at radius 2 is 1.71 bits per heavy atom. The van der Waals surface area contributed by atoms with Gasteiger partial charge in [0.05, 0.1) is 11.7 Å². The third-order valence-electron chi connectivity index (χ3n) is 5.71. The number of hydrogen-bond donors (Lipinski definition) is 1. The van der Waals surface area contributed by atoms with Crippen LogP contribution in [0, 0.1) is 5.92 Å². The molecule has 2 aliphatic rings. The Balaban J connectivity index is 1.67. The molecule has 1 N–H and O–H groups in total. The van der Waals surface area contributed by atoms with Crippen LogP contribution in [-0.4, -0.2) is 43.4 Å². The summed E-state index contributed by atoms with van der Waals surface area (Å²) in [6, 6.07) is 15.2. The lowest BCUT2D eigenvalue weighted by atomic mass is 9.97. The summed E-state index contributed by atoms with van der Waals surface area (Å²) in [4.78, 5) is 28.4. The number of amides is 1. The molecule has 1 fully saturated rings. The Morgan fingerprint density at radius 1 is 1.00 bits per heavy atom. The van der Waals surface area contributed by atoms with E-state index in [1.165, 1.54) is 6.07 Å². The van der Waals surface area contributed by atoms with Crippen LogP contribution >= 0.6 is 0 Å². The number of fused-ring (bicyclic) bond motifs is 1. The third-order valence-corrected chi connectivity index (χ3v) is 7.06. The molecule has 1 amide bonds. The van der Waals surface area contributed by atoms with Crippen LogP contribution in [0.5, 0.6) is 0 Å². The number of amidine groups is 1. The fourth-order valence-electron chi connectivity index (χ4n) is 4.14. The number of Topliss-reactive ketones (excluding diaryl/α,β-unsaturated/α-hetero) is 1. The number of nitrogens with zero attached hydrogens (tertiary/aromatic N) is 2. The third kappa shape index (κ3) is 4.12. The van der Waals surface area contributed by atoms with Crippen LogP contribution in [-0.2, 0) is 26.0 Å². The Hall–Kier alpha value is -3.00. The van der Waals surface area contributed by atoms with Gasteiger partial charge in [-0.3, -0.25) is 9.59 Å².